The summed E-state index contributed by atoms with van der Waals surface area (Å²) in [5.74, 6) is 0.878. The molecular formula is C26H21I2NO. The third-order valence-corrected chi connectivity index (χ3v) is 9.55. The Bertz CT molecular complexity index is 1270. The van der Waals surface area contributed by atoms with Crippen molar-refractivity contribution >= 4 is 56.1 Å². The van der Waals surface area contributed by atoms with Crippen molar-refractivity contribution in [1.29, 1.82) is 0 Å². The van der Waals surface area contributed by atoms with E-state index in [2.05, 4.69) is 136 Å². The average Bonchev–Trinajstić information content (AvgIpc) is 3.08. The molecule has 0 N–H and O–H groups in total. The smallest absolute Gasteiger partial charge is 0.118 e. The lowest BCUT2D eigenvalue weighted by Gasteiger charge is -2.41. The van der Waals surface area contributed by atoms with Crippen LogP contribution < -0.4 is 4.74 Å². The number of rotatable bonds is 3. The fraction of sp³-hybridized carbons (Fsp3) is 0.154. The Balaban J connectivity index is 1.96. The van der Waals surface area contributed by atoms with Gasteiger partial charge in [0.25, 0.3) is 0 Å². The minimum Gasteiger partial charge on any atom is -0.497 e. The highest BCUT2D eigenvalue weighted by molar-refractivity contribution is 14.1. The summed E-state index contributed by atoms with van der Waals surface area (Å²) in [6, 6.07) is 28.3. The second kappa shape index (κ2) is 7.71. The number of para-hydroxylation sites is 1. The van der Waals surface area contributed by atoms with Crippen LogP contribution in [-0.4, -0.2) is 11.7 Å². The topological polar surface area (TPSA) is 14.2 Å². The summed E-state index contributed by atoms with van der Waals surface area (Å²) in [6.45, 7) is 3.19. The van der Waals surface area contributed by atoms with Gasteiger partial charge in [0.2, 0.25) is 0 Å². The molecule has 0 saturated heterocycles. The lowest BCUT2D eigenvalue weighted by Crippen LogP contribution is -2.37. The van der Waals surface area contributed by atoms with Gasteiger partial charge in [-0.3, -0.25) is 0 Å². The molecule has 1 aromatic heterocycles. The molecule has 5 rings (SSSR count). The zero-order chi connectivity index (χ0) is 20.9. The molecule has 2 nitrogen and oxygen atoms in total. The summed E-state index contributed by atoms with van der Waals surface area (Å²) in [7, 11) is 1.72. The zero-order valence-corrected chi connectivity index (χ0v) is 21.1. The molecule has 1 unspecified atom stereocenters. The SMILES string of the molecule is COc1ccc(C2(c3ccccc3)C(I)=C(I)Cn3c2c(C)c2ccccc23)cc1. The Kier molecular flexibility index (Phi) is 5.17. The van der Waals surface area contributed by atoms with Crippen LogP contribution in [0.4, 0.5) is 0 Å². The molecule has 0 aliphatic carbocycles. The molecule has 150 valence electrons. The Morgan fingerprint density at radius 2 is 1.47 bits per heavy atom. The van der Waals surface area contributed by atoms with Crippen molar-refractivity contribution in [2.24, 2.45) is 0 Å². The van der Waals surface area contributed by atoms with Crippen molar-refractivity contribution < 1.29 is 4.74 Å². The van der Waals surface area contributed by atoms with E-state index in [1.54, 1.807) is 7.11 Å². The van der Waals surface area contributed by atoms with E-state index in [0.29, 0.717) is 0 Å². The Morgan fingerprint density at radius 3 is 2.17 bits per heavy atom. The Morgan fingerprint density at radius 1 is 0.833 bits per heavy atom. The first-order valence-corrected chi connectivity index (χ1v) is 12.1. The van der Waals surface area contributed by atoms with Crippen molar-refractivity contribution in [3.8, 4) is 5.75 Å². The maximum absolute atomic E-state index is 5.46. The second-order valence-electron chi connectivity index (χ2n) is 7.64. The summed E-state index contributed by atoms with van der Waals surface area (Å²) in [5, 5.41) is 1.33. The fourth-order valence-electron chi connectivity index (χ4n) is 4.86. The minimum absolute atomic E-state index is 0.355. The highest BCUT2D eigenvalue weighted by Gasteiger charge is 2.46. The third-order valence-electron chi connectivity index (χ3n) is 6.17. The van der Waals surface area contributed by atoms with Gasteiger partial charge in [-0.25, -0.2) is 0 Å². The van der Waals surface area contributed by atoms with Crippen LogP contribution in [0.15, 0.2) is 86.0 Å². The third kappa shape index (κ3) is 2.79. The molecule has 4 heteroatoms. The van der Waals surface area contributed by atoms with Crippen molar-refractivity contribution in [2.75, 3.05) is 7.11 Å². The number of aryl methyl sites for hydroxylation is 1. The number of benzene rings is 3. The molecule has 0 bridgehead atoms. The largest absolute Gasteiger partial charge is 0.497 e. The van der Waals surface area contributed by atoms with Gasteiger partial charge in [0, 0.05) is 23.8 Å². The number of hydrogen-bond acceptors (Lipinski definition) is 1. The average molecular weight is 617 g/mol. The zero-order valence-electron chi connectivity index (χ0n) is 16.8. The van der Waals surface area contributed by atoms with Crippen LogP contribution in [0.25, 0.3) is 10.9 Å². The number of aromatic nitrogens is 1. The molecular weight excluding hydrogens is 596 g/mol. The molecule has 4 aromatic rings. The quantitative estimate of drug-likeness (QED) is 0.219. The van der Waals surface area contributed by atoms with Gasteiger partial charge in [0.15, 0.2) is 0 Å². The lowest BCUT2D eigenvalue weighted by atomic mass is 9.69. The van der Waals surface area contributed by atoms with Crippen LogP contribution in [0.5, 0.6) is 5.75 Å². The molecule has 1 atom stereocenters. The van der Waals surface area contributed by atoms with Crippen molar-refractivity contribution in [1.82, 2.24) is 4.57 Å². The monoisotopic (exact) mass is 617 g/mol. The van der Waals surface area contributed by atoms with Crippen LogP contribution in [0, 0.1) is 6.92 Å². The van der Waals surface area contributed by atoms with Gasteiger partial charge in [-0.05, 0) is 87.0 Å². The maximum Gasteiger partial charge on any atom is 0.118 e. The molecule has 0 fully saturated rings. The van der Waals surface area contributed by atoms with Crippen LogP contribution in [0.3, 0.4) is 0 Å². The van der Waals surface area contributed by atoms with E-state index in [0.717, 1.165) is 12.3 Å². The van der Waals surface area contributed by atoms with Crippen LogP contribution in [0.2, 0.25) is 0 Å². The van der Waals surface area contributed by atoms with Gasteiger partial charge in [0.1, 0.15) is 5.75 Å². The summed E-state index contributed by atoms with van der Waals surface area (Å²) < 4.78 is 10.7. The normalized spacial score (nSPS) is 18.5. The van der Waals surface area contributed by atoms with Crippen LogP contribution in [-0.2, 0) is 12.0 Å². The van der Waals surface area contributed by atoms with Crippen molar-refractivity contribution in [3.05, 3.63) is 108 Å². The van der Waals surface area contributed by atoms with Gasteiger partial charge < -0.3 is 9.30 Å². The highest BCUT2D eigenvalue weighted by atomic mass is 127. The molecule has 30 heavy (non-hydrogen) atoms. The highest BCUT2D eigenvalue weighted by Crippen LogP contribution is 2.55. The summed E-state index contributed by atoms with van der Waals surface area (Å²) >= 11 is 5.13. The van der Waals surface area contributed by atoms with E-state index < -0.39 is 0 Å². The molecule has 0 amide bonds. The first-order chi connectivity index (χ1) is 14.6. The standard InChI is InChI=1S/C26H21I2NO/c1-17-21-10-6-7-11-23(21)29-16-22(27)24(28)26(25(17)29,18-8-4-3-5-9-18)19-12-14-20(30-2)15-13-19/h3-15H,16H2,1-2H3. The van der Waals surface area contributed by atoms with E-state index in [4.69, 9.17) is 4.74 Å². The number of hydrogen-bond donors (Lipinski definition) is 0. The minimum atomic E-state index is -0.355. The molecule has 0 radical (unpaired) electrons. The van der Waals surface area contributed by atoms with Crippen LogP contribution in [0.1, 0.15) is 22.4 Å². The predicted octanol–water partition coefficient (Wildman–Crippen LogP) is 7.39. The fourth-order valence-corrected chi connectivity index (χ4v) is 6.66. The van der Waals surface area contributed by atoms with Gasteiger partial charge in [-0.2, -0.15) is 0 Å². The van der Waals surface area contributed by atoms with E-state index >= 15 is 0 Å². The molecule has 0 saturated carbocycles. The van der Waals surface area contributed by atoms with E-state index in [1.165, 1.54) is 40.4 Å². The van der Waals surface area contributed by atoms with E-state index in [9.17, 15) is 0 Å². The number of ether oxygens (including phenoxy) is 1. The van der Waals surface area contributed by atoms with Gasteiger partial charge >= 0.3 is 0 Å². The number of nitrogens with zero attached hydrogens (tertiary/aromatic N) is 1. The van der Waals surface area contributed by atoms with E-state index in [1.807, 2.05) is 0 Å². The molecule has 0 spiro atoms. The predicted molar refractivity (Wildman–Crippen MR) is 141 cm³/mol. The summed E-state index contributed by atoms with van der Waals surface area (Å²) in [6.07, 6.45) is 0. The van der Waals surface area contributed by atoms with E-state index in [-0.39, 0.29) is 5.41 Å². The number of allylic oxidation sites excluding steroid dienone is 2. The summed E-state index contributed by atoms with van der Waals surface area (Å²) in [4.78, 5) is 0. The van der Waals surface area contributed by atoms with Gasteiger partial charge in [0.05, 0.1) is 19.1 Å². The van der Waals surface area contributed by atoms with Crippen molar-refractivity contribution in [2.45, 2.75) is 18.9 Å². The van der Waals surface area contributed by atoms with Crippen LogP contribution >= 0.6 is 45.2 Å². The van der Waals surface area contributed by atoms with Crippen molar-refractivity contribution in [3.63, 3.8) is 0 Å². The first kappa shape index (κ1) is 20.1. The molecule has 1 aliphatic rings. The Hall–Kier alpha value is -1.80. The lowest BCUT2D eigenvalue weighted by molar-refractivity contribution is 0.414. The second-order valence-corrected chi connectivity index (χ2v) is 10.0. The molecule has 2 heterocycles. The number of fused-ring (bicyclic) bond motifs is 3. The van der Waals surface area contributed by atoms with Gasteiger partial charge in [-0.1, -0.05) is 60.7 Å². The number of halogens is 2. The maximum atomic E-state index is 5.46. The van der Waals surface area contributed by atoms with Gasteiger partial charge in [-0.15, -0.1) is 0 Å². The first-order valence-electron chi connectivity index (χ1n) is 9.92. The molecule has 3 aromatic carbocycles. The Labute approximate surface area is 204 Å². The number of methoxy groups -OCH3 is 1. The summed E-state index contributed by atoms with van der Waals surface area (Å²) in [5.41, 5.74) is 6.22. The molecule has 1 aliphatic heterocycles.